The van der Waals surface area contributed by atoms with Gasteiger partial charge >= 0.3 is 0 Å². The standard InChI is InChI=1S/C17H21N3O3/c1-10-7-11(2)19-17(18-10)20-8-12-14(22-3)5-6-15(23-4)16(12)13(21)9-20/h5-7,13,21H,8-9H2,1-4H3. The van der Waals surface area contributed by atoms with Gasteiger partial charge in [0.15, 0.2) is 0 Å². The van der Waals surface area contributed by atoms with Crippen molar-refractivity contribution in [3.63, 3.8) is 0 Å². The molecule has 1 aromatic heterocycles. The predicted molar refractivity (Wildman–Crippen MR) is 87.1 cm³/mol. The average molecular weight is 315 g/mol. The summed E-state index contributed by atoms with van der Waals surface area (Å²) in [5, 5.41) is 10.6. The molecule has 0 amide bonds. The molecule has 6 nitrogen and oxygen atoms in total. The second kappa shape index (κ2) is 6.04. The van der Waals surface area contributed by atoms with Gasteiger partial charge in [-0.05, 0) is 32.0 Å². The number of anilines is 1. The largest absolute Gasteiger partial charge is 0.496 e. The van der Waals surface area contributed by atoms with E-state index in [1.54, 1.807) is 14.2 Å². The number of rotatable bonds is 3. The number of nitrogens with zero attached hydrogens (tertiary/aromatic N) is 3. The summed E-state index contributed by atoms with van der Waals surface area (Å²) in [6, 6.07) is 5.61. The molecule has 3 rings (SSSR count). The van der Waals surface area contributed by atoms with Crippen molar-refractivity contribution in [1.29, 1.82) is 0 Å². The van der Waals surface area contributed by atoms with Gasteiger partial charge in [0, 0.05) is 22.5 Å². The topological polar surface area (TPSA) is 67.7 Å². The molecule has 1 unspecified atom stereocenters. The summed E-state index contributed by atoms with van der Waals surface area (Å²) in [5.41, 5.74) is 3.51. The summed E-state index contributed by atoms with van der Waals surface area (Å²) in [5.74, 6) is 2.03. The number of hydrogen-bond donors (Lipinski definition) is 1. The van der Waals surface area contributed by atoms with Gasteiger partial charge in [-0.1, -0.05) is 0 Å². The van der Waals surface area contributed by atoms with Gasteiger partial charge in [-0.25, -0.2) is 9.97 Å². The SMILES string of the molecule is COc1ccc(OC)c2c1CN(c1nc(C)cc(C)n1)CC2O. The van der Waals surface area contributed by atoms with Crippen LogP contribution in [0.1, 0.15) is 28.6 Å². The second-order valence-corrected chi connectivity index (χ2v) is 5.71. The zero-order chi connectivity index (χ0) is 16.6. The Kier molecular flexibility index (Phi) is 4.09. The zero-order valence-electron chi connectivity index (χ0n) is 13.8. The zero-order valence-corrected chi connectivity index (χ0v) is 13.8. The lowest BCUT2D eigenvalue weighted by atomic mass is 9.95. The highest BCUT2D eigenvalue weighted by atomic mass is 16.5. The Hall–Kier alpha value is -2.34. The number of fused-ring (bicyclic) bond motifs is 1. The maximum Gasteiger partial charge on any atom is 0.226 e. The molecule has 2 aromatic rings. The van der Waals surface area contributed by atoms with Crippen molar-refractivity contribution in [3.8, 4) is 11.5 Å². The van der Waals surface area contributed by atoms with E-state index in [1.165, 1.54) is 0 Å². The first-order chi connectivity index (χ1) is 11.0. The molecule has 1 aromatic carbocycles. The van der Waals surface area contributed by atoms with Crippen molar-refractivity contribution in [1.82, 2.24) is 9.97 Å². The summed E-state index contributed by atoms with van der Waals surface area (Å²) >= 11 is 0. The van der Waals surface area contributed by atoms with Crippen LogP contribution in [0.2, 0.25) is 0 Å². The Balaban J connectivity index is 2.06. The molecular weight excluding hydrogens is 294 g/mol. The third-order valence-electron chi connectivity index (χ3n) is 4.04. The fourth-order valence-electron chi connectivity index (χ4n) is 3.08. The van der Waals surface area contributed by atoms with E-state index in [9.17, 15) is 5.11 Å². The number of ether oxygens (including phenoxy) is 2. The Morgan fingerprint density at radius 2 is 1.70 bits per heavy atom. The molecule has 2 heterocycles. The van der Waals surface area contributed by atoms with Crippen LogP contribution >= 0.6 is 0 Å². The highest BCUT2D eigenvalue weighted by molar-refractivity contribution is 5.54. The lowest BCUT2D eigenvalue weighted by Crippen LogP contribution is -2.35. The molecule has 1 N–H and O–H groups in total. The molecule has 0 saturated heterocycles. The summed E-state index contributed by atoms with van der Waals surface area (Å²) in [4.78, 5) is 11.0. The molecule has 0 aliphatic carbocycles. The van der Waals surface area contributed by atoms with Crippen LogP contribution < -0.4 is 14.4 Å². The number of methoxy groups -OCH3 is 2. The fraction of sp³-hybridized carbons (Fsp3) is 0.412. The molecule has 0 saturated carbocycles. The molecule has 0 fully saturated rings. The summed E-state index contributed by atoms with van der Waals surface area (Å²) in [6.07, 6.45) is -0.687. The van der Waals surface area contributed by atoms with E-state index in [1.807, 2.05) is 36.9 Å². The van der Waals surface area contributed by atoms with Gasteiger partial charge in [-0.2, -0.15) is 0 Å². The lowest BCUT2D eigenvalue weighted by molar-refractivity contribution is 0.169. The fourth-order valence-corrected chi connectivity index (χ4v) is 3.08. The monoisotopic (exact) mass is 315 g/mol. The van der Waals surface area contributed by atoms with Gasteiger partial charge in [-0.3, -0.25) is 0 Å². The number of aliphatic hydroxyl groups is 1. The van der Waals surface area contributed by atoms with Crippen LogP contribution in [0.3, 0.4) is 0 Å². The minimum Gasteiger partial charge on any atom is -0.496 e. The quantitative estimate of drug-likeness (QED) is 0.936. The first-order valence-corrected chi connectivity index (χ1v) is 7.52. The number of β-amino-alcohol motifs (C(OH)–C–C–N with tert-alkyl or cyclic N) is 1. The summed E-state index contributed by atoms with van der Waals surface area (Å²) in [6.45, 7) is 4.86. The minimum atomic E-state index is -0.687. The highest BCUT2D eigenvalue weighted by Crippen LogP contribution is 2.40. The normalized spacial score (nSPS) is 16.9. The molecule has 122 valence electrons. The lowest BCUT2D eigenvalue weighted by Gasteiger charge is -2.34. The van der Waals surface area contributed by atoms with Crippen LogP contribution in [0.25, 0.3) is 0 Å². The van der Waals surface area contributed by atoms with Gasteiger partial charge in [0.25, 0.3) is 0 Å². The van der Waals surface area contributed by atoms with E-state index in [-0.39, 0.29) is 0 Å². The van der Waals surface area contributed by atoms with Gasteiger partial charge < -0.3 is 19.5 Å². The van der Waals surface area contributed by atoms with Crippen LogP contribution in [0.15, 0.2) is 18.2 Å². The number of aliphatic hydroxyl groups excluding tert-OH is 1. The van der Waals surface area contributed by atoms with E-state index >= 15 is 0 Å². The molecule has 6 heteroatoms. The van der Waals surface area contributed by atoms with E-state index < -0.39 is 6.10 Å². The van der Waals surface area contributed by atoms with E-state index in [4.69, 9.17) is 9.47 Å². The Morgan fingerprint density at radius 3 is 2.30 bits per heavy atom. The summed E-state index contributed by atoms with van der Waals surface area (Å²) < 4.78 is 10.9. The van der Waals surface area contributed by atoms with Crippen LogP contribution in [0.4, 0.5) is 5.95 Å². The van der Waals surface area contributed by atoms with E-state index in [0.29, 0.717) is 24.8 Å². The minimum absolute atomic E-state index is 0.416. The average Bonchev–Trinajstić information content (AvgIpc) is 2.52. The van der Waals surface area contributed by atoms with Crippen LogP contribution in [0, 0.1) is 13.8 Å². The van der Waals surface area contributed by atoms with Crippen molar-refractivity contribution in [2.24, 2.45) is 0 Å². The van der Waals surface area contributed by atoms with Crippen molar-refractivity contribution < 1.29 is 14.6 Å². The molecular formula is C17H21N3O3. The molecule has 1 atom stereocenters. The van der Waals surface area contributed by atoms with Crippen molar-refractivity contribution >= 4 is 5.95 Å². The summed E-state index contributed by atoms with van der Waals surface area (Å²) in [7, 11) is 3.23. The smallest absolute Gasteiger partial charge is 0.226 e. The molecule has 23 heavy (non-hydrogen) atoms. The first kappa shape index (κ1) is 15.6. The van der Waals surface area contributed by atoms with Crippen molar-refractivity contribution in [2.45, 2.75) is 26.5 Å². The van der Waals surface area contributed by atoms with Crippen LogP contribution in [0.5, 0.6) is 11.5 Å². The van der Waals surface area contributed by atoms with Crippen molar-refractivity contribution in [3.05, 3.63) is 40.7 Å². The molecule has 1 aliphatic heterocycles. The van der Waals surface area contributed by atoms with Gasteiger partial charge in [0.1, 0.15) is 17.6 Å². The number of hydrogen-bond acceptors (Lipinski definition) is 6. The molecule has 0 bridgehead atoms. The predicted octanol–water partition coefficient (Wildman–Crippen LogP) is 2.16. The molecule has 1 aliphatic rings. The van der Waals surface area contributed by atoms with E-state index in [0.717, 1.165) is 28.3 Å². The maximum absolute atomic E-state index is 10.6. The van der Waals surface area contributed by atoms with Gasteiger partial charge in [-0.15, -0.1) is 0 Å². The second-order valence-electron chi connectivity index (χ2n) is 5.71. The van der Waals surface area contributed by atoms with Crippen LogP contribution in [-0.2, 0) is 6.54 Å². The van der Waals surface area contributed by atoms with E-state index in [2.05, 4.69) is 9.97 Å². The Bertz CT molecular complexity index is 713. The Labute approximate surface area is 135 Å². The first-order valence-electron chi connectivity index (χ1n) is 7.52. The highest BCUT2D eigenvalue weighted by Gasteiger charge is 2.30. The van der Waals surface area contributed by atoms with Crippen LogP contribution in [-0.4, -0.2) is 35.8 Å². The number of aromatic nitrogens is 2. The van der Waals surface area contributed by atoms with Gasteiger partial charge in [0.2, 0.25) is 5.95 Å². The Morgan fingerprint density at radius 1 is 1.09 bits per heavy atom. The number of aryl methyl sites for hydroxylation is 2. The molecule has 0 radical (unpaired) electrons. The van der Waals surface area contributed by atoms with Gasteiger partial charge in [0.05, 0.1) is 27.3 Å². The number of benzene rings is 1. The molecule has 0 spiro atoms. The third kappa shape index (κ3) is 2.82. The third-order valence-corrected chi connectivity index (χ3v) is 4.04. The van der Waals surface area contributed by atoms with Crippen molar-refractivity contribution in [2.75, 3.05) is 25.7 Å². The maximum atomic E-state index is 10.6.